The van der Waals surface area contributed by atoms with Crippen molar-refractivity contribution in [3.05, 3.63) is 24.3 Å². The summed E-state index contributed by atoms with van der Waals surface area (Å²) in [5.74, 6) is 1.13. The van der Waals surface area contributed by atoms with E-state index in [9.17, 15) is 0 Å². The third-order valence-electron chi connectivity index (χ3n) is 4.28. The van der Waals surface area contributed by atoms with E-state index in [0.29, 0.717) is 0 Å². The Morgan fingerprint density at radius 2 is 1.75 bits per heavy atom. The molecule has 0 unspecified atom stereocenters. The highest BCUT2D eigenvalue weighted by atomic mass is 16.7. The summed E-state index contributed by atoms with van der Waals surface area (Å²) in [4.78, 5) is 3.70. The molecule has 20 heavy (non-hydrogen) atoms. The molecule has 1 saturated heterocycles. The van der Waals surface area contributed by atoms with Crippen LogP contribution in [0.4, 0.5) is 0 Å². The lowest BCUT2D eigenvalue weighted by Crippen LogP contribution is -2.41. The van der Waals surface area contributed by atoms with Crippen molar-refractivity contribution in [1.29, 1.82) is 0 Å². The van der Waals surface area contributed by atoms with Gasteiger partial charge in [-0.1, -0.05) is 38.8 Å². The standard InChI is InChI=1S/C11H18BNO2.C5H10/c1-7-9(8-13-6)12-14-10(2,3)11(4,5)15-12;1-2-5-3-4-5/h7-8H,1,6H2,2-5H3;5H,2-4H2,1H3/b9-8+;. The number of hydrogen-bond donors (Lipinski definition) is 0. The lowest BCUT2D eigenvalue weighted by Gasteiger charge is -2.32. The molecule has 0 N–H and O–H groups in total. The summed E-state index contributed by atoms with van der Waals surface area (Å²) in [6.07, 6.45) is 7.72. The Morgan fingerprint density at radius 3 is 2.00 bits per heavy atom. The van der Waals surface area contributed by atoms with Crippen molar-refractivity contribution in [3.8, 4) is 0 Å². The molecule has 0 atom stereocenters. The maximum Gasteiger partial charge on any atom is 0.496 e. The van der Waals surface area contributed by atoms with E-state index >= 15 is 0 Å². The molecule has 0 radical (unpaired) electrons. The van der Waals surface area contributed by atoms with Gasteiger partial charge in [-0.15, -0.1) is 0 Å². The Labute approximate surface area is 124 Å². The van der Waals surface area contributed by atoms with Gasteiger partial charge in [0, 0.05) is 11.7 Å². The fourth-order valence-corrected chi connectivity index (χ4v) is 1.82. The summed E-state index contributed by atoms with van der Waals surface area (Å²) in [7, 11) is -0.405. The zero-order chi connectivity index (χ0) is 15.4. The van der Waals surface area contributed by atoms with Crippen molar-refractivity contribution in [1.82, 2.24) is 0 Å². The van der Waals surface area contributed by atoms with Crippen LogP contribution < -0.4 is 0 Å². The van der Waals surface area contributed by atoms with Crippen LogP contribution in [-0.4, -0.2) is 25.0 Å². The molecule has 3 nitrogen and oxygen atoms in total. The third-order valence-corrected chi connectivity index (χ3v) is 4.28. The number of hydrogen-bond acceptors (Lipinski definition) is 3. The molecule has 1 heterocycles. The second-order valence-corrected chi connectivity index (χ2v) is 6.46. The first-order valence-electron chi connectivity index (χ1n) is 7.41. The van der Waals surface area contributed by atoms with Crippen LogP contribution >= 0.6 is 0 Å². The van der Waals surface area contributed by atoms with Crippen molar-refractivity contribution >= 4 is 13.8 Å². The highest BCUT2D eigenvalue weighted by Crippen LogP contribution is 2.38. The van der Waals surface area contributed by atoms with E-state index in [1.54, 1.807) is 12.3 Å². The molecule has 0 aromatic rings. The Morgan fingerprint density at radius 1 is 1.25 bits per heavy atom. The highest BCUT2D eigenvalue weighted by Gasteiger charge is 2.51. The van der Waals surface area contributed by atoms with Gasteiger partial charge in [-0.25, -0.2) is 0 Å². The predicted octanol–water partition coefficient (Wildman–Crippen LogP) is 4.19. The Bertz CT molecular complexity index is 368. The van der Waals surface area contributed by atoms with Crippen LogP contribution in [0.3, 0.4) is 0 Å². The number of allylic oxidation sites excluding steroid dienone is 2. The van der Waals surface area contributed by atoms with Crippen LogP contribution in [0.25, 0.3) is 0 Å². The largest absolute Gasteiger partial charge is 0.496 e. The van der Waals surface area contributed by atoms with Gasteiger partial charge < -0.3 is 9.31 Å². The van der Waals surface area contributed by atoms with E-state index in [0.717, 1.165) is 11.4 Å². The predicted molar refractivity (Wildman–Crippen MR) is 86.9 cm³/mol. The van der Waals surface area contributed by atoms with Crippen molar-refractivity contribution in [3.63, 3.8) is 0 Å². The van der Waals surface area contributed by atoms with Crippen molar-refractivity contribution in [2.24, 2.45) is 10.9 Å². The minimum absolute atomic E-state index is 0.332. The zero-order valence-corrected chi connectivity index (χ0v) is 13.6. The van der Waals surface area contributed by atoms with Gasteiger partial charge in [0.2, 0.25) is 0 Å². The number of nitrogens with zero attached hydrogens (tertiary/aromatic N) is 1. The smallest absolute Gasteiger partial charge is 0.399 e. The van der Waals surface area contributed by atoms with E-state index < -0.39 is 7.12 Å². The molecule has 4 heteroatoms. The fraction of sp³-hybridized carbons (Fsp3) is 0.688. The monoisotopic (exact) mass is 277 g/mol. The van der Waals surface area contributed by atoms with Crippen molar-refractivity contribution in [2.75, 3.05) is 0 Å². The SMILES string of the molecule is C=C/C(=C\N=C)B1OC(C)(C)C(C)(C)O1.CCC1CC1. The number of rotatable bonds is 4. The second kappa shape index (κ2) is 6.73. The molecule has 2 aliphatic rings. The lowest BCUT2D eigenvalue weighted by atomic mass is 9.79. The molecule has 0 bridgehead atoms. The minimum atomic E-state index is -0.405. The van der Waals surface area contributed by atoms with Gasteiger partial charge in [0.05, 0.1) is 11.2 Å². The van der Waals surface area contributed by atoms with Gasteiger partial charge in [-0.3, -0.25) is 4.99 Å². The normalized spacial score (nSPS) is 23.9. The Hall–Kier alpha value is -0.865. The van der Waals surface area contributed by atoms with E-state index in [1.165, 1.54) is 19.3 Å². The molecule has 1 saturated carbocycles. The topological polar surface area (TPSA) is 30.8 Å². The van der Waals surface area contributed by atoms with Gasteiger partial charge in [-0.2, -0.15) is 0 Å². The van der Waals surface area contributed by atoms with Gasteiger partial charge in [0.1, 0.15) is 0 Å². The molecule has 1 aliphatic heterocycles. The molecule has 2 rings (SSSR count). The summed E-state index contributed by atoms with van der Waals surface area (Å²) in [5, 5.41) is 0. The maximum absolute atomic E-state index is 5.82. The van der Waals surface area contributed by atoms with Gasteiger partial charge in [-0.05, 0) is 40.3 Å². The molecule has 0 aromatic carbocycles. The molecule has 0 amide bonds. The summed E-state index contributed by atoms with van der Waals surface area (Å²) >= 11 is 0. The average molecular weight is 277 g/mol. The molecule has 0 aromatic heterocycles. The van der Waals surface area contributed by atoms with E-state index in [4.69, 9.17) is 9.31 Å². The highest BCUT2D eigenvalue weighted by molar-refractivity contribution is 6.55. The van der Waals surface area contributed by atoms with Crippen LogP contribution in [0, 0.1) is 5.92 Å². The number of aliphatic imine (C=N–C) groups is 1. The van der Waals surface area contributed by atoms with Gasteiger partial charge >= 0.3 is 7.12 Å². The van der Waals surface area contributed by atoms with E-state index in [2.05, 4.69) is 25.2 Å². The summed E-state index contributed by atoms with van der Waals surface area (Å²) < 4.78 is 11.6. The summed E-state index contributed by atoms with van der Waals surface area (Å²) in [6.45, 7) is 17.4. The summed E-state index contributed by atoms with van der Waals surface area (Å²) in [6, 6.07) is 0. The van der Waals surface area contributed by atoms with Crippen LogP contribution in [0.5, 0.6) is 0 Å². The molecular weight excluding hydrogens is 249 g/mol. The molecular formula is C16H28BNO2. The van der Waals surface area contributed by atoms with Crippen LogP contribution in [0.15, 0.2) is 29.3 Å². The van der Waals surface area contributed by atoms with E-state index in [-0.39, 0.29) is 11.2 Å². The molecule has 0 spiro atoms. The second-order valence-electron chi connectivity index (χ2n) is 6.46. The van der Waals surface area contributed by atoms with Gasteiger partial charge in [0.15, 0.2) is 0 Å². The summed E-state index contributed by atoms with van der Waals surface area (Å²) in [5.41, 5.74) is 0.130. The van der Waals surface area contributed by atoms with Gasteiger partial charge in [0.25, 0.3) is 0 Å². The van der Waals surface area contributed by atoms with Crippen LogP contribution in [0.1, 0.15) is 53.9 Å². The maximum atomic E-state index is 5.82. The average Bonchev–Trinajstić information content (AvgIpc) is 3.15. The van der Waals surface area contributed by atoms with E-state index in [1.807, 2.05) is 27.7 Å². The van der Waals surface area contributed by atoms with Crippen molar-refractivity contribution < 1.29 is 9.31 Å². The van der Waals surface area contributed by atoms with Crippen LogP contribution in [0.2, 0.25) is 0 Å². The van der Waals surface area contributed by atoms with Crippen LogP contribution in [-0.2, 0) is 9.31 Å². The first-order chi connectivity index (χ1) is 9.27. The van der Waals surface area contributed by atoms with Crippen molar-refractivity contribution in [2.45, 2.75) is 65.1 Å². The fourth-order valence-electron chi connectivity index (χ4n) is 1.82. The molecule has 2 fully saturated rings. The molecule has 112 valence electrons. The minimum Gasteiger partial charge on any atom is -0.399 e. The Kier molecular flexibility index (Phi) is 5.78. The first kappa shape index (κ1) is 17.2. The first-order valence-corrected chi connectivity index (χ1v) is 7.41. The third kappa shape index (κ3) is 4.32. The molecule has 1 aliphatic carbocycles. The quantitative estimate of drug-likeness (QED) is 0.438. The Balaban J connectivity index is 0.000000333. The lowest BCUT2D eigenvalue weighted by molar-refractivity contribution is 0.00578. The zero-order valence-electron chi connectivity index (χ0n) is 13.6.